The Balaban J connectivity index is 2.85. The van der Waals surface area contributed by atoms with Crippen LogP contribution in [0.5, 0.6) is 5.75 Å². The second-order valence-corrected chi connectivity index (χ2v) is 1.71. The molecular formula is C7H8O2. The van der Waals surface area contributed by atoms with Gasteiger partial charge in [0, 0.05) is 6.07 Å². The zero-order valence-electron chi connectivity index (χ0n) is 5.16. The van der Waals surface area contributed by atoms with E-state index in [0.717, 1.165) is 0 Å². The van der Waals surface area contributed by atoms with Crippen LogP contribution in [0.4, 0.5) is 0 Å². The van der Waals surface area contributed by atoms with Gasteiger partial charge in [-0.05, 0) is 13.0 Å². The van der Waals surface area contributed by atoms with Crippen LogP contribution in [0.2, 0.25) is 0 Å². The Morgan fingerprint density at radius 1 is 1.67 bits per heavy atom. The zero-order chi connectivity index (χ0) is 6.69. The van der Waals surface area contributed by atoms with Gasteiger partial charge in [-0.15, -0.1) is 0 Å². The summed E-state index contributed by atoms with van der Waals surface area (Å²) < 4.78 is 4.87. The molecule has 0 saturated carbocycles. The third-order valence-corrected chi connectivity index (χ3v) is 0.937. The fourth-order valence-corrected chi connectivity index (χ4v) is 0.594. The number of hydrogen-bond donors (Lipinski definition) is 1. The topological polar surface area (TPSA) is 33.4 Å². The highest BCUT2D eigenvalue weighted by atomic mass is 16.4. The van der Waals surface area contributed by atoms with Crippen molar-refractivity contribution >= 4 is 6.08 Å². The highest BCUT2D eigenvalue weighted by Crippen LogP contribution is 2.14. The fraction of sp³-hybridized carbons (Fsp3) is 0.143. The molecule has 0 unspecified atom stereocenters. The Morgan fingerprint density at radius 3 is 2.89 bits per heavy atom. The van der Waals surface area contributed by atoms with Crippen LogP contribution in [0.3, 0.4) is 0 Å². The van der Waals surface area contributed by atoms with Gasteiger partial charge < -0.3 is 9.52 Å². The maximum atomic E-state index is 8.75. The molecule has 0 radical (unpaired) electrons. The van der Waals surface area contributed by atoms with Gasteiger partial charge in [0.15, 0.2) is 5.75 Å². The van der Waals surface area contributed by atoms with Crippen LogP contribution in [0.25, 0.3) is 6.08 Å². The quantitative estimate of drug-likeness (QED) is 0.621. The number of furan rings is 1. The first kappa shape index (κ1) is 5.95. The first-order valence-corrected chi connectivity index (χ1v) is 2.73. The minimum absolute atomic E-state index is 0.170. The van der Waals surface area contributed by atoms with E-state index in [9.17, 15) is 0 Å². The highest BCUT2D eigenvalue weighted by Gasteiger charge is 1.92. The zero-order valence-corrected chi connectivity index (χ0v) is 5.16. The van der Waals surface area contributed by atoms with Crippen molar-refractivity contribution in [2.75, 3.05) is 0 Å². The predicted octanol–water partition coefficient (Wildman–Crippen LogP) is 2.02. The summed E-state index contributed by atoms with van der Waals surface area (Å²) in [7, 11) is 0. The lowest BCUT2D eigenvalue weighted by Crippen LogP contribution is -1.55. The summed E-state index contributed by atoms with van der Waals surface area (Å²) in [6, 6.07) is 1.56. The minimum atomic E-state index is 0.170. The number of hydrogen-bond acceptors (Lipinski definition) is 2. The minimum Gasteiger partial charge on any atom is -0.505 e. The lowest BCUT2D eigenvalue weighted by Gasteiger charge is -1.76. The van der Waals surface area contributed by atoms with E-state index in [1.54, 1.807) is 12.1 Å². The van der Waals surface area contributed by atoms with Gasteiger partial charge >= 0.3 is 0 Å². The Hall–Kier alpha value is -1.18. The van der Waals surface area contributed by atoms with E-state index < -0.39 is 0 Å². The third kappa shape index (κ3) is 1.35. The molecule has 9 heavy (non-hydrogen) atoms. The predicted molar refractivity (Wildman–Crippen MR) is 35.1 cm³/mol. The molecule has 1 aromatic rings. The van der Waals surface area contributed by atoms with Crippen molar-refractivity contribution in [1.82, 2.24) is 0 Å². The molecule has 0 atom stereocenters. The molecule has 0 aromatic carbocycles. The molecule has 0 aliphatic rings. The third-order valence-electron chi connectivity index (χ3n) is 0.937. The van der Waals surface area contributed by atoms with Crippen LogP contribution in [-0.4, -0.2) is 5.11 Å². The van der Waals surface area contributed by atoms with Gasteiger partial charge in [-0.3, -0.25) is 0 Å². The summed E-state index contributed by atoms with van der Waals surface area (Å²) in [4.78, 5) is 0. The number of allylic oxidation sites excluding steroid dienone is 1. The van der Waals surface area contributed by atoms with Crippen molar-refractivity contribution in [2.24, 2.45) is 0 Å². The standard InChI is InChI=1S/C7H8O2/c1-2-3-7-4-6(8)5-9-7/h2-5,8H,1H3. The van der Waals surface area contributed by atoms with Gasteiger partial charge in [0.1, 0.15) is 12.0 Å². The average Bonchev–Trinajstić information content (AvgIpc) is 2.17. The Kier molecular flexibility index (Phi) is 1.58. The van der Waals surface area contributed by atoms with Crippen molar-refractivity contribution in [3.63, 3.8) is 0 Å². The lowest BCUT2D eigenvalue weighted by atomic mass is 10.4. The van der Waals surface area contributed by atoms with Gasteiger partial charge in [-0.1, -0.05) is 6.08 Å². The summed E-state index contributed by atoms with van der Waals surface area (Å²) in [5.41, 5.74) is 0. The Morgan fingerprint density at radius 2 is 2.44 bits per heavy atom. The Labute approximate surface area is 53.4 Å². The van der Waals surface area contributed by atoms with E-state index in [0.29, 0.717) is 5.76 Å². The maximum Gasteiger partial charge on any atom is 0.154 e. The largest absolute Gasteiger partial charge is 0.505 e. The van der Waals surface area contributed by atoms with Crippen LogP contribution in [-0.2, 0) is 0 Å². The molecule has 0 amide bonds. The highest BCUT2D eigenvalue weighted by molar-refractivity contribution is 5.44. The van der Waals surface area contributed by atoms with Gasteiger partial charge in [-0.2, -0.15) is 0 Å². The average molecular weight is 124 g/mol. The van der Waals surface area contributed by atoms with E-state index in [2.05, 4.69) is 0 Å². The van der Waals surface area contributed by atoms with Gasteiger partial charge in [0.2, 0.25) is 0 Å². The Bertz CT molecular complexity index is 210. The van der Waals surface area contributed by atoms with Gasteiger partial charge in [-0.25, -0.2) is 0 Å². The maximum absolute atomic E-state index is 8.75. The van der Waals surface area contributed by atoms with Crippen molar-refractivity contribution in [3.05, 3.63) is 24.2 Å². The van der Waals surface area contributed by atoms with Gasteiger partial charge in [0.25, 0.3) is 0 Å². The normalized spacial score (nSPS) is 10.8. The summed E-state index contributed by atoms with van der Waals surface area (Å²) in [6.07, 6.45) is 4.92. The van der Waals surface area contributed by atoms with Crippen LogP contribution < -0.4 is 0 Å². The SMILES string of the molecule is CC=Cc1cc(O)co1. The van der Waals surface area contributed by atoms with Crippen molar-refractivity contribution in [3.8, 4) is 5.75 Å². The van der Waals surface area contributed by atoms with Crippen molar-refractivity contribution in [2.45, 2.75) is 6.92 Å². The molecule has 0 fully saturated rings. The molecule has 0 spiro atoms. The summed E-state index contributed by atoms with van der Waals surface area (Å²) in [5.74, 6) is 0.845. The van der Waals surface area contributed by atoms with Crippen LogP contribution >= 0.6 is 0 Å². The molecule has 1 aromatic heterocycles. The molecule has 2 heteroatoms. The monoisotopic (exact) mass is 124 g/mol. The molecule has 1 rings (SSSR count). The summed E-state index contributed by atoms with van der Waals surface area (Å²) >= 11 is 0. The van der Waals surface area contributed by atoms with E-state index in [1.807, 2.05) is 13.0 Å². The number of rotatable bonds is 1. The molecule has 48 valence electrons. The molecule has 0 aliphatic heterocycles. The van der Waals surface area contributed by atoms with E-state index >= 15 is 0 Å². The van der Waals surface area contributed by atoms with Gasteiger partial charge in [0.05, 0.1) is 0 Å². The molecule has 1 N–H and O–H groups in total. The molecule has 1 heterocycles. The van der Waals surface area contributed by atoms with E-state index in [1.165, 1.54) is 6.26 Å². The molecule has 0 aliphatic carbocycles. The molecule has 0 bridgehead atoms. The van der Waals surface area contributed by atoms with Crippen molar-refractivity contribution in [1.29, 1.82) is 0 Å². The second kappa shape index (κ2) is 2.40. The first-order valence-electron chi connectivity index (χ1n) is 2.73. The summed E-state index contributed by atoms with van der Waals surface area (Å²) in [5, 5.41) is 8.75. The van der Waals surface area contributed by atoms with Crippen LogP contribution in [0.15, 0.2) is 22.8 Å². The lowest BCUT2D eigenvalue weighted by molar-refractivity contribution is 0.457. The summed E-state index contributed by atoms with van der Waals surface area (Å²) in [6.45, 7) is 1.89. The first-order chi connectivity index (χ1) is 4.33. The molecule has 2 nitrogen and oxygen atoms in total. The molecule has 0 saturated heterocycles. The smallest absolute Gasteiger partial charge is 0.154 e. The molecular weight excluding hydrogens is 116 g/mol. The van der Waals surface area contributed by atoms with Crippen LogP contribution in [0, 0.1) is 0 Å². The fourth-order valence-electron chi connectivity index (χ4n) is 0.594. The second-order valence-electron chi connectivity index (χ2n) is 1.71. The van der Waals surface area contributed by atoms with E-state index in [4.69, 9.17) is 9.52 Å². The van der Waals surface area contributed by atoms with E-state index in [-0.39, 0.29) is 5.75 Å². The van der Waals surface area contributed by atoms with Crippen LogP contribution in [0.1, 0.15) is 12.7 Å². The van der Waals surface area contributed by atoms with Crippen molar-refractivity contribution < 1.29 is 9.52 Å². The number of aromatic hydroxyl groups is 1.